The van der Waals surface area contributed by atoms with E-state index in [0.717, 1.165) is 4.90 Å². The van der Waals surface area contributed by atoms with E-state index in [4.69, 9.17) is 4.74 Å². The van der Waals surface area contributed by atoms with Gasteiger partial charge in [-0.2, -0.15) is 0 Å². The Morgan fingerprint density at radius 2 is 1.11 bits per heavy atom. The largest absolute Gasteiger partial charge is 0.508 e. The molecule has 0 spiro atoms. The summed E-state index contributed by atoms with van der Waals surface area (Å²) in [6.07, 6.45) is 0.224. The molecule has 11 N–H and O–H groups in total. The smallest absolute Gasteiger partial charge is 0.419 e. The predicted octanol–water partition coefficient (Wildman–Crippen LogP) is 2.97. The summed E-state index contributed by atoms with van der Waals surface area (Å²) in [5.74, 6) is -9.42. The van der Waals surface area contributed by atoms with Gasteiger partial charge in [-0.15, -0.1) is 0 Å². The molecular weight excluding hydrogens is 1070 g/mol. The first-order valence-corrected chi connectivity index (χ1v) is 26.9. The Morgan fingerprint density at radius 3 is 1.66 bits per heavy atom. The Hall–Kier alpha value is -9.16. The third-order valence-electron chi connectivity index (χ3n) is 13.2. The number of fused-ring (bicyclic) bond motifs is 1. The fraction of sp³-hybridized carbons (Fsp3) is 0.390. The highest BCUT2D eigenvalue weighted by atomic mass is 16.6. The van der Waals surface area contributed by atoms with Crippen LogP contribution >= 0.6 is 0 Å². The van der Waals surface area contributed by atoms with Gasteiger partial charge in [0.05, 0.1) is 18.5 Å². The lowest BCUT2D eigenvalue weighted by Crippen LogP contribution is -2.61. The molecule has 24 nitrogen and oxygen atoms in total. The number of aromatic hydroxyl groups is 1. The number of hydrogen-bond acceptors (Lipinski definition) is 14. The van der Waals surface area contributed by atoms with E-state index in [1.807, 2.05) is 6.92 Å². The first kappa shape index (κ1) is 64.7. The van der Waals surface area contributed by atoms with Gasteiger partial charge in [-0.05, 0) is 87.4 Å². The molecule has 24 heteroatoms. The lowest BCUT2D eigenvalue weighted by atomic mass is 10.0. The molecule has 83 heavy (non-hydrogen) atoms. The maximum Gasteiger partial charge on any atom is 0.419 e. The number of amides is 6. The number of para-hydroxylation sites is 1. The van der Waals surface area contributed by atoms with Gasteiger partial charge in [0.25, 0.3) is 0 Å². The van der Waals surface area contributed by atoms with Crippen LogP contribution in [0.15, 0.2) is 115 Å². The monoisotopic (exact) mass is 1150 g/mol. The molecule has 0 unspecified atom stereocenters. The van der Waals surface area contributed by atoms with Crippen molar-refractivity contribution in [1.29, 1.82) is 0 Å². The lowest BCUT2D eigenvalue weighted by molar-refractivity contribution is -0.147. The zero-order valence-corrected chi connectivity index (χ0v) is 47.0. The first-order chi connectivity index (χ1) is 39.3. The quantitative estimate of drug-likeness (QED) is 0.0294. The summed E-state index contributed by atoms with van der Waals surface area (Å²) in [5.41, 5.74) is 7.51. The Balaban J connectivity index is 1.31. The van der Waals surface area contributed by atoms with Gasteiger partial charge in [0.2, 0.25) is 35.4 Å². The highest BCUT2D eigenvalue weighted by Gasteiger charge is 2.37. The van der Waals surface area contributed by atoms with Crippen molar-refractivity contribution in [1.82, 2.24) is 46.9 Å². The second-order valence-corrected chi connectivity index (χ2v) is 20.9. The van der Waals surface area contributed by atoms with Crippen LogP contribution in [0.2, 0.25) is 0 Å². The average molecular weight is 1150 g/mol. The Bertz CT molecular complexity index is 3080. The van der Waals surface area contributed by atoms with Crippen LogP contribution in [-0.2, 0) is 73.6 Å². The van der Waals surface area contributed by atoms with Gasteiger partial charge in [-0.1, -0.05) is 111 Å². The highest BCUT2D eigenvalue weighted by molar-refractivity contribution is 5.97. The molecule has 0 saturated heterocycles. The van der Waals surface area contributed by atoms with Gasteiger partial charge in [0.1, 0.15) is 53.6 Å². The fourth-order valence-corrected chi connectivity index (χ4v) is 8.84. The molecular formula is C59H73N9O15. The number of unbranched alkanes of at least 4 members (excludes halogenated alkanes) is 1. The van der Waals surface area contributed by atoms with Gasteiger partial charge in [0, 0.05) is 31.5 Å². The van der Waals surface area contributed by atoms with Crippen LogP contribution in [0, 0.1) is 0 Å². The van der Waals surface area contributed by atoms with Crippen LogP contribution < -0.4 is 37.4 Å². The molecule has 0 aliphatic rings. The van der Waals surface area contributed by atoms with Crippen molar-refractivity contribution in [3.8, 4) is 5.75 Å². The number of ether oxygens (including phenoxy) is 1. The number of hydrazine groups is 1. The second-order valence-electron chi connectivity index (χ2n) is 20.9. The van der Waals surface area contributed by atoms with Crippen LogP contribution in [0.4, 0.5) is 4.79 Å². The fourth-order valence-electron chi connectivity index (χ4n) is 8.84. The number of phenols is 1. The van der Waals surface area contributed by atoms with E-state index >= 15 is 0 Å². The summed E-state index contributed by atoms with van der Waals surface area (Å²) in [6.45, 7) is 7.61. The predicted molar refractivity (Wildman–Crippen MR) is 303 cm³/mol. The van der Waals surface area contributed by atoms with E-state index in [1.165, 1.54) is 49.0 Å². The van der Waals surface area contributed by atoms with E-state index in [1.54, 1.807) is 106 Å². The minimum atomic E-state index is -1.78. The van der Waals surface area contributed by atoms with Crippen LogP contribution in [0.1, 0.15) is 82.6 Å². The number of aromatic nitrogens is 1. The summed E-state index contributed by atoms with van der Waals surface area (Å²) in [6, 6.07) is 19.9. The summed E-state index contributed by atoms with van der Waals surface area (Å²) in [7, 11) is 1.24. The maximum atomic E-state index is 14.5. The molecule has 0 aliphatic carbocycles. The number of benzene rings is 4. The number of rotatable bonds is 30. The minimum Gasteiger partial charge on any atom is -0.508 e. The average Bonchev–Trinajstić information content (AvgIpc) is 3.65. The Morgan fingerprint density at radius 1 is 0.602 bits per heavy atom. The zero-order chi connectivity index (χ0) is 61.0. The van der Waals surface area contributed by atoms with Crippen LogP contribution in [0.3, 0.4) is 0 Å². The van der Waals surface area contributed by atoms with Crippen LogP contribution in [-0.4, -0.2) is 151 Å². The molecule has 1 heterocycles. The van der Waals surface area contributed by atoms with Gasteiger partial charge >= 0.3 is 24.0 Å². The van der Waals surface area contributed by atoms with Crippen molar-refractivity contribution < 1.29 is 73.1 Å². The molecule has 0 aliphatic heterocycles. The molecule has 5 aromatic rings. The topological polar surface area (TPSA) is 353 Å². The van der Waals surface area contributed by atoms with E-state index in [2.05, 4.69) is 37.4 Å². The van der Waals surface area contributed by atoms with Gasteiger partial charge in [0.15, 0.2) is 0 Å². The second kappa shape index (κ2) is 30.6. The molecule has 0 fully saturated rings. The van der Waals surface area contributed by atoms with Crippen LogP contribution in [0.25, 0.3) is 10.9 Å². The summed E-state index contributed by atoms with van der Waals surface area (Å²) in [4.78, 5) is 135. The standard InChI is InChI=1S/C59H73N9O15/c1-7-8-22-48(54(76)64-46(57(80)81)31-39-34-68(58(82)83-59(3,4)5)47-23-16-15-21-41(39)47)67(6)55(77)44(32-50(71)72)62-53(75)43(29-37-19-13-10-14-20-37)66-65-42(28-36-17-11-9-12-18-36)52(74)60-33-49(70)61-35(2)51(73)63-45(56(78)79)30-38-24-26-40(69)27-25-38/h9-21,23-27,34-35,42-46,48,65-66,69H,7-8,22,28-33H2,1-6H3,(H,60,74)(H,61,70)(H,62,75)(H,63,73)(H,64,76)(H,71,72)(H,78,79)(H,80,81)/t35-,42+,43+,44+,45+,46-,48+/m1/s1. The summed E-state index contributed by atoms with van der Waals surface area (Å²) < 4.78 is 6.82. The van der Waals surface area contributed by atoms with Gasteiger partial charge < -0.3 is 56.6 Å². The van der Waals surface area contributed by atoms with E-state index in [-0.39, 0.29) is 37.9 Å². The molecule has 1 aromatic heterocycles. The molecule has 0 radical (unpaired) electrons. The highest BCUT2D eigenvalue weighted by Crippen LogP contribution is 2.25. The normalized spacial score (nSPS) is 13.8. The SMILES string of the molecule is CCCC[C@@H](C(=O)N[C@H](Cc1cn(C(=O)OC(C)(C)C)c2ccccc12)C(=O)O)N(C)C(=O)[C@H](CC(=O)O)NC(=O)[C@H](Cc1ccccc1)NN[C@@H](Cc1ccccc1)C(=O)NCC(=O)N[C@H](C)C(=O)N[C@@H](Cc1ccc(O)cc1)C(=O)O. The molecule has 5 rings (SSSR count). The third kappa shape index (κ3) is 20.1. The summed E-state index contributed by atoms with van der Waals surface area (Å²) >= 11 is 0. The zero-order valence-electron chi connectivity index (χ0n) is 47.0. The maximum absolute atomic E-state index is 14.5. The third-order valence-corrected chi connectivity index (χ3v) is 13.2. The number of phenolic OH excluding ortho intramolecular Hbond substituents is 1. The Labute approximate surface area is 479 Å². The van der Waals surface area contributed by atoms with E-state index < -0.39 is 120 Å². The number of carbonyl (C=O) groups is 10. The summed E-state index contributed by atoms with van der Waals surface area (Å²) in [5, 5.41) is 52.8. The number of aliphatic carboxylic acids is 3. The van der Waals surface area contributed by atoms with Crippen molar-refractivity contribution in [3.05, 3.63) is 138 Å². The first-order valence-electron chi connectivity index (χ1n) is 26.9. The Kier molecular flexibility index (Phi) is 23.8. The van der Waals surface area contributed by atoms with Crippen molar-refractivity contribution in [2.75, 3.05) is 13.6 Å². The molecule has 7 atom stereocenters. The molecule has 0 saturated carbocycles. The van der Waals surface area contributed by atoms with E-state index in [9.17, 15) is 68.4 Å². The number of hydrogen-bond donors (Lipinski definition) is 11. The number of carboxylic acids is 3. The molecule has 0 bridgehead atoms. The molecule has 444 valence electrons. The number of likely N-dealkylation sites (N-methyl/N-ethyl adjacent to an activating group) is 1. The van der Waals surface area contributed by atoms with Crippen molar-refractivity contribution in [2.45, 2.75) is 134 Å². The van der Waals surface area contributed by atoms with Gasteiger partial charge in [-0.25, -0.2) is 25.2 Å². The number of carbonyl (C=O) groups excluding carboxylic acids is 7. The van der Waals surface area contributed by atoms with Crippen molar-refractivity contribution >= 4 is 70.3 Å². The molecule has 4 aromatic carbocycles. The lowest BCUT2D eigenvalue weighted by Gasteiger charge is -2.32. The number of nitrogens with zero attached hydrogens (tertiary/aromatic N) is 2. The van der Waals surface area contributed by atoms with Gasteiger partial charge in [-0.3, -0.25) is 38.1 Å². The number of nitrogens with one attached hydrogen (secondary N) is 7. The van der Waals surface area contributed by atoms with Crippen molar-refractivity contribution in [2.24, 2.45) is 0 Å². The molecule has 6 amide bonds. The van der Waals surface area contributed by atoms with Crippen molar-refractivity contribution in [3.63, 3.8) is 0 Å². The minimum absolute atomic E-state index is 0.0122. The van der Waals surface area contributed by atoms with E-state index in [0.29, 0.717) is 46.0 Å². The van der Waals surface area contributed by atoms with Crippen LogP contribution in [0.5, 0.6) is 5.75 Å². The number of carboxylic acid groups (broad SMARTS) is 3.